The van der Waals surface area contributed by atoms with Gasteiger partial charge in [-0.05, 0) is 41.5 Å². The van der Waals surface area contributed by atoms with E-state index in [1.807, 2.05) is 13.8 Å². The van der Waals surface area contributed by atoms with E-state index in [-0.39, 0.29) is 6.10 Å². The molecule has 5 atom stereocenters. The highest BCUT2D eigenvalue weighted by molar-refractivity contribution is 9.10. The predicted octanol–water partition coefficient (Wildman–Crippen LogP) is 2.10. The smallest absolute Gasteiger partial charge is 0.322 e. The molecule has 24 heavy (non-hydrogen) atoms. The van der Waals surface area contributed by atoms with E-state index in [9.17, 15) is 4.79 Å². The zero-order chi connectivity index (χ0) is 17.9. The molecule has 0 N–H and O–H groups in total. The second-order valence-electron chi connectivity index (χ2n) is 7.78. The Morgan fingerprint density at radius 2 is 1.75 bits per heavy atom. The zero-order valence-electron chi connectivity index (χ0n) is 14.8. The maximum atomic E-state index is 12.4. The van der Waals surface area contributed by atoms with Gasteiger partial charge in [0.1, 0.15) is 16.5 Å². The summed E-state index contributed by atoms with van der Waals surface area (Å²) >= 11 is 3.32. The van der Waals surface area contributed by atoms with E-state index < -0.39 is 46.5 Å². The maximum absolute atomic E-state index is 12.4. The molecule has 3 aliphatic heterocycles. The average molecular weight is 409 g/mol. The standard InChI is InChI=1S/C16H25BrO7/c1-14(2,17)13(18)21-10-9(8-7-19-15(3,4)22-8)20-12-11(10)23-16(5,6)24-12/h8-12H,7H2,1-6H3/t8-,9-,10+,11-,12?/m1/s1. The van der Waals surface area contributed by atoms with Crippen molar-refractivity contribution >= 4 is 21.9 Å². The van der Waals surface area contributed by atoms with Crippen molar-refractivity contribution < 1.29 is 33.2 Å². The van der Waals surface area contributed by atoms with Gasteiger partial charge in [-0.3, -0.25) is 4.79 Å². The number of carbonyl (C=O) groups excluding carboxylic acids is 1. The molecule has 0 radical (unpaired) electrons. The molecular weight excluding hydrogens is 384 g/mol. The van der Waals surface area contributed by atoms with Gasteiger partial charge in [-0.1, -0.05) is 15.9 Å². The summed E-state index contributed by atoms with van der Waals surface area (Å²) in [6, 6.07) is 0. The Bertz CT molecular complexity index is 513. The van der Waals surface area contributed by atoms with Gasteiger partial charge in [-0.2, -0.15) is 0 Å². The number of ether oxygens (including phenoxy) is 6. The van der Waals surface area contributed by atoms with Crippen LogP contribution in [0.25, 0.3) is 0 Å². The molecule has 0 bridgehead atoms. The number of carbonyl (C=O) groups is 1. The van der Waals surface area contributed by atoms with Crippen LogP contribution in [0.3, 0.4) is 0 Å². The zero-order valence-corrected chi connectivity index (χ0v) is 16.4. The van der Waals surface area contributed by atoms with E-state index in [1.165, 1.54) is 0 Å². The molecule has 0 amide bonds. The molecule has 3 rings (SSSR count). The van der Waals surface area contributed by atoms with Gasteiger partial charge in [-0.25, -0.2) is 0 Å². The van der Waals surface area contributed by atoms with E-state index in [1.54, 1.807) is 27.7 Å². The second kappa shape index (κ2) is 5.89. The van der Waals surface area contributed by atoms with Gasteiger partial charge in [0.05, 0.1) is 6.61 Å². The minimum Gasteiger partial charge on any atom is -0.455 e. The summed E-state index contributed by atoms with van der Waals surface area (Å²) in [5.41, 5.74) is 0. The third-order valence-corrected chi connectivity index (χ3v) is 4.48. The van der Waals surface area contributed by atoms with Crippen LogP contribution in [0.1, 0.15) is 41.5 Å². The average Bonchev–Trinajstić information content (AvgIpc) is 3.00. The van der Waals surface area contributed by atoms with Crippen molar-refractivity contribution in [3.05, 3.63) is 0 Å². The summed E-state index contributed by atoms with van der Waals surface area (Å²) in [6.07, 6.45) is -2.62. The van der Waals surface area contributed by atoms with Crippen LogP contribution < -0.4 is 0 Å². The van der Waals surface area contributed by atoms with E-state index in [0.29, 0.717) is 6.61 Å². The number of hydrogen-bond donors (Lipinski definition) is 0. The number of hydrogen-bond acceptors (Lipinski definition) is 7. The number of alkyl halides is 1. The fraction of sp³-hybridized carbons (Fsp3) is 0.938. The first-order valence-electron chi connectivity index (χ1n) is 8.11. The Kier molecular flexibility index (Phi) is 4.55. The topological polar surface area (TPSA) is 72.5 Å². The van der Waals surface area contributed by atoms with Crippen molar-refractivity contribution in [1.82, 2.24) is 0 Å². The maximum Gasteiger partial charge on any atom is 0.322 e. The van der Waals surface area contributed by atoms with Crippen molar-refractivity contribution in [3.8, 4) is 0 Å². The summed E-state index contributed by atoms with van der Waals surface area (Å²) in [5.74, 6) is -1.88. The summed E-state index contributed by atoms with van der Waals surface area (Å²) in [4.78, 5) is 12.4. The molecule has 0 aromatic heterocycles. The Morgan fingerprint density at radius 3 is 2.29 bits per heavy atom. The minimum atomic E-state index is -0.809. The first-order valence-corrected chi connectivity index (χ1v) is 8.90. The lowest BCUT2D eigenvalue weighted by molar-refractivity contribution is -0.235. The molecule has 3 heterocycles. The van der Waals surface area contributed by atoms with Crippen molar-refractivity contribution in [3.63, 3.8) is 0 Å². The summed E-state index contributed by atoms with van der Waals surface area (Å²) in [5, 5.41) is 0. The Balaban J connectivity index is 1.79. The molecule has 0 spiro atoms. The fourth-order valence-corrected chi connectivity index (χ4v) is 3.17. The Morgan fingerprint density at radius 1 is 1.08 bits per heavy atom. The van der Waals surface area contributed by atoms with Crippen molar-refractivity contribution in [2.45, 2.75) is 88.1 Å². The van der Waals surface area contributed by atoms with Gasteiger partial charge in [0.15, 0.2) is 30.1 Å². The third kappa shape index (κ3) is 3.64. The van der Waals surface area contributed by atoms with Gasteiger partial charge in [0, 0.05) is 0 Å². The van der Waals surface area contributed by atoms with E-state index in [4.69, 9.17) is 28.4 Å². The molecular formula is C16H25BrO7. The van der Waals surface area contributed by atoms with Crippen molar-refractivity contribution in [2.75, 3.05) is 6.61 Å². The van der Waals surface area contributed by atoms with E-state index in [0.717, 1.165) is 0 Å². The molecule has 7 nitrogen and oxygen atoms in total. The van der Waals surface area contributed by atoms with E-state index >= 15 is 0 Å². The van der Waals surface area contributed by atoms with Crippen LogP contribution >= 0.6 is 15.9 Å². The van der Waals surface area contributed by atoms with Gasteiger partial charge in [0.2, 0.25) is 0 Å². The Hall–Kier alpha value is -0.250. The lowest BCUT2D eigenvalue weighted by Crippen LogP contribution is -2.47. The molecule has 0 saturated carbocycles. The number of fused-ring (bicyclic) bond motifs is 1. The molecule has 3 saturated heterocycles. The quantitative estimate of drug-likeness (QED) is 0.522. The normalized spacial score (nSPS) is 40.5. The van der Waals surface area contributed by atoms with Crippen molar-refractivity contribution in [1.29, 1.82) is 0 Å². The highest BCUT2D eigenvalue weighted by Crippen LogP contribution is 2.42. The highest BCUT2D eigenvalue weighted by Gasteiger charge is 2.60. The predicted molar refractivity (Wildman–Crippen MR) is 86.5 cm³/mol. The minimum absolute atomic E-state index is 0.353. The fourth-order valence-electron chi connectivity index (χ4n) is 3.08. The van der Waals surface area contributed by atoms with Crippen molar-refractivity contribution in [2.24, 2.45) is 0 Å². The molecule has 0 aliphatic carbocycles. The molecule has 0 aromatic carbocycles. The molecule has 138 valence electrons. The van der Waals surface area contributed by atoms with Crippen LogP contribution in [0.15, 0.2) is 0 Å². The number of rotatable bonds is 3. The van der Waals surface area contributed by atoms with Gasteiger partial charge in [-0.15, -0.1) is 0 Å². The molecule has 3 aliphatic rings. The first kappa shape index (κ1) is 18.5. The van der Waals surface area contributed by atoms with Gasteiger partial charge >= 0.3 is 5.97 Å². The largest absolute Gasteiger partial charge is 0.455 e. The summed E-state index contributed by atoms with van der Waals surface area (Å²) in [6.45, 7) is 11.1. The van der Waals surface area contributed by atoms with E-state index in [2.05, 4.69) is 15.9 Å². The van der Waals surface area contributed by atoms with Gasteiger partial charge in [0.25, 0.3) is 0 Å². The monoisotopic (exact) mass is 408 g/mol. The third-order valence-electron chi connectivity index (χ3n) is 4.15. The van der Waals surface area contributed by atoms with Crippen LogP contribution in [-0.4, -0.2) is 59.2 Å². The summed E-state index contributed by atoms with van der Waals surface area (Å²) < 4.78 is 34.1. The molecule has 0 aromatic rings. The molecule has 8 heteroatoms. The van der Waals surface area contributed by atoms with Crippen LogP contribution in [-0.2, 0) is 33.2 Å². The Labute approximate surface area is 150 Å². The van der Waals surface area contributed by atoms with Crippen LogP contribution in [0.2, 0.25) is 0 Å². The first-order chi connectivity index (χ1) is 10.9. The van der Waals surface area contributed by atoms with Gasteiger partial charge < -0.3 is 28.4 Å². The molecule has 3 fully saturated rings. The van der Waals surface area contributed by atoms with Crippen LogP contribution in [0, 0.1) is 0 Å². The number of esters is 1. The highest BCUT2D eigenvalue weighted by atomic mass is 79.9. The van der Waals surface area contributed by atoms with Crippen LogP contribution in [0.5, 0.6) is 0 Å². The number of halogens is 1. The lowest BCUT2D eigenvalue weighted by atomic mass is 10.1. The lowest BCUT2D eigenvalue weighted by Gasteiger charge is -2.30. The second-order valence-corrected chi connectivity index (χ2v) is 9.76. The molecule has 1 unspecified atom stereocenters. The van der Waals surface area contributed by atoms with Crippen LogP contribution in [0.4, 0.5) is 0 Å². The summed E-state index contributed by atoms with van der Waals surface area (Å²) in [7, 11) is 0. The SMILES string of the molecule is CC1(C)OC[C@H]([C@H]2OC3OC(C)(C)O[C@@H]3[C@H]2OC(=O)C(C)(C)Br)O1.